The van der Waals surface area contributed by atoms with Gasteiger partial charge in [-0.1, -0.05) is 38.5 Å². The van der Waals surface area contributed by atoms with Gasteiger partial charge in [-0.2, -0.15) is 0 Å². The van der Waals surface area contributed by atoms with Crippen LogP contribution in [-0.4, -0.2) is 53.3 Å². The van der Waals surface area contributed by atoms with Crippen molar-refractivity contribution in [3.8, 4) is 0 Å². The fourth-order valence-electron chi connectivity index (χ4n) is 4.64. The average molecular weight is 335 g/mol. The van der Waals surface area contributed by atoms with E-state index >= 15 is 0 Å². The fraction of sp³-hybridized carbons (Fsp3) is 0.895. The fourth-order valence-corrected chi connectivity index (χ4v) is 4.64. The maximum Gasteiger partial charge on any atom is 0.242 e. The highest BCUT2D eigenvalue weighted by molar-refractivity contribution is 5.86. The van der Waals surface area contributed by atoms with Crippen LogP contribution in [0.5, 0.6) is 0 Å². The third kappa shape index (κ3) is 4.11. The lowest BCUT2D eigenvalue weighted by atomic mass is 9.81. The highest BCUT2D eigenvalue weighted by atomic mass is 16.2. The van der Waals surface area contributed by atoms with Gasteiger partial charge >= 0.3 is 0 Å². The molecule has 2 aliphatic carbocycles. The third-order valence-corrected chi connectivity index (χ3v) is 6.28. The van der Waals surface area contributed by atoms with Gasteiger partial charge in [-0.25, -0.2) is 0 Å². The number of carbonyl (C=O) groups is 2. The van der Waals surface area contributed by atoms with Crippen molar-refractivity contribution in [2.45, 2.75) is 76.2 Å². The van der Waals surface area contributed by atoms with E-state index in [1.807, 2.05) is 9.80 Å². The Bertz CT molecular complexity index is 446. The topological polar surface area (TPSA) is 66.6 Å². The molecule has 2 amide bonds. The van der Waals surface area contributed by atoms with E-state index < -0.39 is 5.54 Å². The molecule has 0 bridgehead atoms. The molecule has 3 fully saturated rings. The van der Waals surface area contributed by atoms with Gasteiger partial charge in [0.2, 0.25) is 11.8 Å². The van der Waals surface area contributed by atoms with Gasteiger partial charge in [-0.05, 0) is 31.6 Å². The predicted octanol–water partition coefficient (Wildman–Crippen LogP) is 2.29. The van der Waals surface area contributed by atoms with Gasteiger partial charge in [0.05, 0.1) is 5.54 Å². The molecule has 5 nitrogen and oxygen atoms in total. The summed E-state index contributed by atoms with van der Waals surface area (Å²) >= 11 is 0. The molecule has 0 aromatic rings. The van der Waals surface area contributed by atoms with Crippen LogP contribution in [0.3, 0.4) is 0 Å². The number of amides is 2. The molecular weight excluding hydrogens is 302 g/mol. The Morgan fingerprint density at radius 1 is 0.833 bits per heavy atom. The van der Waals surface area contributed by atoms with Gasteiger partial charge < -0.3 is 15.5 Å². The summed E-state index contributed by atoms with van der Waals surface area (Å²) in [7, 11) is 0. The minimum atomic E-state index is -0.646. The quantitative estimate of drug-likeness (QED) is 0.860. The van der Waals surface area contributed by atoms with Crippen molar-refractivity contribution in [1.82, 2.24) is 9.80 Å². The number of piperazine rings is 1. The summed E-state index contributed by atoms with van der Waals surface area (Å²) in [6, 6.07) is 0. The number of hydrogen-bond acceptors (Lipinski definition) is 3. The lowest BCUT2D eigenvalue weighted by Gasteiger charge is -2.41. The molecule has 2 saturated carbocycles. The SMILES string of the molecule is NC1(C(=O)N2CCN(C(=O)CC3CCCCC3)CC2)CCCCC1. The van der Waals surface area contributed by atoms with Crippen LogP contribution in [0.15, 0.2) is 0 Å². The van der Waals surface area contributed by atoms with E-state index in [0.29, 0.717) is 38.5 Å². The molecule has 2 N–H and O–H groups in total. The number of nitrogens with zero attached hydrogens (tertiary/aromatic N) is 2. The summed E-state index contributed by atoms with van der Waals surface area (Å²) in [6.07, 6.45) is 11.9. The van der Waals surface area contributed by atoms with E-state index in [1.165, 1.54) is 38.5 Å². The standard InChI is InChI=1S/C19H33N3O2/c20-19(9-5-2-6-10-19)18(24)22-13-11-21(12-14-22)17(23)15-16-7-3-1-4-8-16/h16H,1-15,20H2. The molecular formula is C19H33N3O2. The Hall–Kier alpha value is -1.10. The first-order chi connectivity index (χ1) is 11.6. The molecule has 1 heterocycles. The normalized spacial score (nSPS) is 25.5. The summed E-state index contributed by atoms with van der Waals surface area (Å²) in [5.41, 5.74) is 5.73. The molecule has 0 atom stereocenters. The highest BCUT2D eigenvalue weighted by Gasteiger charge is 2.39. The van der Waals surface area contributed by atoms with Crippen molar-refractivity contribution in [3.05, 3.63) is 0 Å². The van der Waals surface area contributed by atoms with Gasteiger partial charge in [0.1, 0.15) is 0 Å². The van der Waals surface area contributed by atoms with Crippen molar-refractivity contribution >= 4 is 11.8 Å². The van der Waals surface area contributed by atoms with Crippen LogP contribution in [0.2, 0.25) is 0 Å². The molecule has 0 aromatic heterocycles. The molecule has 1 saturated heterocycles. The second kappa shape index (κ2) is 7.85. The Morgan fingerprint density at radius 3 is 2.00 bits per heavy atom. The summed E-state index contributed by atoms with van der Waals surface area (Å²) in [5, 5.41) is 0. The number of nitrogens with two attached hydrogens (primary N) is 1. The van der Waals surface area contributed by atoms with Crippen LogP contribution in [0.25, 0.3) is 0 Å². The molecule has 0 spiro atoms. The molecule has 0 aromatic carbocycles. The Labute approximate surface area is 145 Å². The second-order valence-electron chi connectivity index (χ2n) is 8.10. The predicted molar refractivity (Wildman–Crippen MR) is 94.4 cm³/mol. The lowest BCUT2D eigenvalue weighted by Crippen LogP contribution is -2.60. The van der Waals surface area contributed by atoms with Crippen molar-refractivity contribution in [3.63, 3.8) is 0 Å². The number of rotatable bonds is 3. The molecule has 1 aliphatic heterocycles. The zero-order valence-corrected chi connectivity index (χ0v) is 15.0. The molecule has 0 radical (unpaired) electrons. The smallest absolute Gasteiger partial charge is 0.242 e. The third-order valence-electron chi connectivity index (χ3n) is 6.28. The van der Waals surface area contributed by atoms with E-state index in [2.05, 4.69) is 0 Å². The van der Waals surface area contributed by atoms with Crippen LogP contribution < -0.4 is 5.73 Å². The molecule has 3 aliphatic rings. The van der Waals surface area contributed by atoms with Gasteiger partial charge in [0.25, 0.3) is 0 Å². The van der Waals surface area contributed by atoms with Gasteiger partial charge in [0.15, 0.2) is 0 Å². The van der Waals surface area contributed by atoms with Crippen LogP contribution >= 0.6 is 0 Å². The summed E-state index contributed by atoms with van der Waals surface area (Å²) in [5.74, 6) is 0.983. The summed E-state index contributed by atoms with van der Waals surface area (Å²) < 4.78 is 0. The number of hydrogen-bond donors (Lipinski definition) is 1. The first-order valence-corrected chi connectivity index (χ1v) is 9.94. The maximum atomic E-state index is 12.8. The summed E-state index contributed by atoms with van der Waals surface area (Å²) in [4.78, 5) is 29.1. The molecule has 3 rings (SSSR count). The molecule has 24 heavy (non-hydrogen) atoms. The molecule has 5 heteroatoms. The molecule has 136 valence electrons. The summed E-state index contributed by atoms with van der Waals surface area (Å²) in [6.45, 7) is 2.64. The Balaban J connectivity index is 1.46. The maximum absolute atomic E-state index is 12.8. The Kier molecular flexibility index (Phi) is 5.80. The van der Waals surface area contributed by atoms with E-state index in [0.717, 1.165) is 25.7 Å². The monoisotopic (exact) mass is 335 g/mol. The minimum Gasteiger partial charge on any atom is -0.339 e. The molecule has 0 unspecified atom stereocenters. The van der Waals surface area contributed by atoms with E-state index in [9.17, 15) is 9.59 Å². The van der Waals surface area contributed by atoms with Crippen molar-refractivity contribution in [2.75, 3.05) is 26.2 Å². The highest BCUT2D eigenvalue weighted by Crippen LogP contribution is 2.29. The first-order valence-electron chi connectivity index (χ1n) is 9.94. The first kappa shape index (κ1) is 17.7. The second-order valence-corrected chi connectivity index (χ2v) is 8.10. The van der Waals surface area contributed by atoms with E-state index in [1.54, 1.807) is 0 Å². The Morgan fingerprint density at radius 2 is 1.38 bits per heavy atom. The van der Waals surface area contributed by atoms with Crippen molar-refractivity contribution in [1.29, 1.82) is 0 Å². The van der Waals surface area contributed by atoms with Crippen molar-refractivity contribution in [2.24, 2.45) is 11.7 Å². The van der Waals surface area contributed by atoms with E-state index in [-0.39, 0.29) is 11.8 Å². The zero-order chi connectivity index (χ0) is 17.0. The van der Waals surface area contributed by atoms with E-state index in [4.69, 9.17) is 5.73 Å². The lowest BCUT2D eigenvalue weighted by molar-refractivity contribution is -0.144. The largest absolute Gasteiger partial charge is 0.339 e. The average Bonchev–Trinajstić information content (AvgIpc) is 2.63. The van der Waals surface area contributed by atoms with Crippen LogP contribution in [0, 0.1) is 5.92 Å². The van der Waals surface area contributed by atoms with Crippen LogP contribution in [-0.2, 0) is 9.59 Å². The van der Waals surface area contributed by atoms with Crippen molar-refractivity contribution < 1.29 is 9.59 Å². The van der Waals surface area contributed by atoms with Crippen LogP contribution in [0.1, 0.15) is 70.6 Å². The van der Waals surface area contributed by atoms with Gasteiger partial charge in [-0.15, -0.1) is 0 Å². The van der Waals surface area contributed by atoms with Gasteiger partial charge in [-0.3, -0.25) is 9.59 Å². The zero-order valence-electron chi connectivity index (χ0n) is 15.0. The van der Waals surface area contributed by atoms with Gasteiger partial charge in [0, 0.05) is 32.6 Å². The van der Waals surface area contributed by atoms with Crippen LogP contribution in [0.4, 0.5) is 0 Å². The minimum absolute atomic E-state index is 0.113. The number of carbonyl (C=O) groups excluding carboxylic acids is 2.